The lowest BCUT2D eigenvalue weighted by molar-refractivity contribution is 0.101. The quantitative estimate of drug-likeness (QED) is 0.566. The van der Waals surface area contributed by atoms with Gasteiger partial charge >= 0.3 is 0 Å². The Balaban J connectivity index is 1.64. The third-order valence-corrected chi connectivity index (χ3v) is 4.24. The lowest BCUT2D eigenvalue weighted by Crippen LogP contribution is -2.35. The molecule has 20 heavy (non-hydrogen) atoms. The fourth-order valence-electron chi connectivity index (χ4n) is 2.87. The van der Waals surface area contributed by atoms with Crippen molar-refractivity contribution in [1.82, 2.24) is 5.43 Å². The highest BCUT2D eigenvalue weighted by atomic mass is 16.5. The molecule has 1 aromatic rings. The van der Waals surface area contributed by atoms with E-state index in [2.05, 4.69) is 36.6 Å². The molecule has 2 unspecified atom stereocenters. The number of nitrogens with two attached hydrogens (primary N) is 1. The first-order valence-corrected chi connectivity index (χ1v) is 7.91. The standard InChI is InChI=1S/C17H28N2O/c1-14-7-9-15(10-8-14)11-12-16(19-18)4-2-5-17-6-3-13-20-17/h7-10,16-17,19H,2-6,11-13,18H2,1H3. The Bertz CT molecular complexity index is 371. The fraction of sp³-hybridized carbons (Fsp3) is 0.647. The average molecular weight is 276 g/mol. The van der Waals surface area contributed by atoms with Crippen molar-refractivity contribution < 1.29 is 4.74 Å². The van der Waals surface area contributed by atoms with E-state index in [0.717, 1.165) is 25.9 Å². The van der Waals surface area contributed by atoms with Crippen molar-refractivity contribution in [1.29, 1.82) is 0 Å². The van der Waals surface area contributed by atoms with Gasteiger partial charge in [-0.05, 0) is 57.4 Å². The number of rotatable bonds is 8. The summed E-state index contributed by atoms with van der Waals surface area (Å²) in [5.41, 5.74) is 5.68. The van der Waals surface area contributed by atoms with Gasteiger partial charge in [-0.2, -0.15) is 0 Å². The van der Waals surface area contributed by atoms with Gasteiger partial charge in [0.05, 0.1) is 6.10 Å². The van der Waals surface area contributed by atoms with Crippen molar-refractivity contribution in [3.63, 3.8) is 0 Å². The van der Waals surface area contributed by atoms with E-state index in [4.69, 9.17) is 10.6 Å². The molecule has 0 radical (unpaired) electrons. The molecular formula is C17H28N2O. The first-order chi connectivity index (χ1) is 9.78. The van der Waals surface area contributed by atoms with E-state index in [1.165, 1.54) is 36.8 Å². The van der Waals surface area contributed by atoms with Crippen LogP contribution in [-0.2, 0) is 11.2 Å². The summed E-state index contributed by atoms with van der Waals surface area (Å²) in [7, 11) is 0. The molecule has 0 bridgehead atoms. The first kappa shape index (κ1) is 15.5. The van der Waals surface area contributed by atoms with Gasteiger partial charge in [0.25, 0.3) is 0 Å². The van der Waals surface area contributed by atoms with Crippen LogP contribution in [0.3, 0.4) is 0 Å². The number of nitrogens with one attached hydrogen (secondary N) is 1. The Hall–Kier alpha value is -0.900. The van der Waals surface area contributed by atoms with Crippen LogP contribution in [0.15, 0.2) is 24.3 Å². The summed E-state index contributed by atoms with van der Waals surface area (Å²) in [4.78, 5) is 0. The van der Waals surface area contributed by atoms with Crippen LogP contribution < -0.4 is 11.3 Å². The van der Waals surface area contributed by atoms with Crippen LogP contribution in [0, 0.1) is 6.92 Å². The van der Waals surface area contributed by atoms with Gasteiger partial charge < -0.3 is 4.74 Å². The molecular weight excluding hydrogens is 248 g/mol. The summed E-state index contributed by atoms with van der Waals surface area (Å²) >= 11 is 0. The number of hydrogen-bond donors (Lipinski definition) is 2. The molecule has 2 rings (SSSR count). The fourth-order valence-corrected chi connectivity index (χ4v) is 2.87. The smallest absolute Gasteiger partial charge is 0.0576 e. The highest BCUT2D eigenvalue weighted by molar-refractivity contribution is 5.21. The van der Waals surface area contributed by atoms with Crippen molar-refractivity contribution in [2.45, 2.75) is 64.0 Å². The molecule has 0 spiro atoms. The lowest BCUT2D eigenvalue weighted by atomic mass is 9.99. The van der Waals surface area contributed by atoms with Crippen molar-refractivity contribution in [3.05, 3.63) is 35.4 Å². The largest absolute Gasteiger partial charge is 0.378 e. The minimum Gasteiger partial charge on any atom is -0.378 e. The van der Waals surface area contributed by atoms with E-state index in [9.17, 15) is 0 Å². The van der Waals surface area contributed by atoms with Crippen molar-refractivity contribution in [3.8, 4) is 0 Å². The van der Waals surface area contributed by atoms with Crippen LogP contribution >= 0.6 is 0 Å². The summed E-state index contributed by atoms with van der Waals surface area (Å²) < 4.78 is 5.66. The number of hydrogen-bond acceptors (Lipinski definition) is 3. The molecule has 3 nitrogen and oxygen atoms in total. The summed E-state index contributed by atoms with van der Waals surface area (Å²) in [5.74, 6) is 5.67. The molecule has 0 amide bonds. The second-order valence-electron chi connectivity index (χ2n) is 5.95. The van der Waals surface area contributed by atoms with Gasteiger partial charge in [-0.1, -0.05) is 29.8 Å². The van der Waals surface area contributed by atoms with Crippen LogP contribution in [0.5, 0.6) is 0 Å². The molecule has 1 aliphatic heterocycles. The van der Waals surface area contributed by atoms with E-state index in [1.807, 2.05) is 0 Å². The third-order valence-electron chi connectivity index (χ3n) is 4.24. The van der Waals surface area contributed by atoms with Gasteiger partial charge in [-0.25, -0.2) is 0 Å². The van der Waals surface area contributed by atoms with Crippen molar-refractivity contribution in [2.75, 3.05) is 6.61 Å². The van der Waals surface area contributed by atoms with Crippen molar-refractivity contribution in [2.24, 2.45) is 5.84 Å². The molecule has 2 atom stereocenters. The maximum atomic E-state index is 5.67. The Morgan fingerprint density at radius 3 is 2.75 bits per heavy atom. The van der Waals surface area contributed by atoms with Crippen LogP contribution in [0.4, 0.5) is 0 Å². The van der Waals surface area contributed by atoms with Crippen LogP contribution in [-0.4, -0.2) is 18.8 Å². The Morgan fingerprint density at radius 1 is 1.30 bits per heavy atom. The monoisotopic (exact) mass is 276 g/mol. The number of hydrazine groups is 1. The molecule has 0 saturated carbocycles. The third kappa shape index (κ3) is 5.23. The lowest BCUT2D eigenvalue weighted by Gasteiger charge is -2.17. The van der Waals surface area contributed by atoms with Crippen LogP contribution in [0.2, 0.25) is 0 Å². The predicted molar refractivity (Wildman–Crippen MR) is 83.4 cm³/mol. The van der Waals surface area contributed by atoms with Crippen LogP contribution in [0.25, 0.3) is 0 Å². The maximum absolute atomic E-state index is 5.67. The number of aryl methyl sites for hydroxylation is 2. The SMILES string of the molecule is Cc1ccc(CCC(CCCC2CCCO2)NN)cc1. The summed E-state index contributed by atoms with van der Waals surface area (Å²) in [6, 6.07) is 9.21. The van der Waals surface area contributed by atoms with E-state index in [1.54, 1.807) is 0 Å². The van der Waals surface area contributed by atoms with E-state index < -0.39 is 0 Å². The summed E-state index contributed by atoms with van der Waals surface area (Å²) in [6.07, 6.45) is 8.70. The normalized spacial score (nSPS) is 20.2. The van der Waals surface area contributed by atoms with Gasteiger partial charge in [-0.15, -0.1) is 0 Å². The highest BCUT2D eigenvalue weighted by Gasteiger charge is 2.15. The van der Waals surface area contributed by atoms with Gasteiger partial charge in [0.2, 0.25) is 0 Å². The minimum atomic E-state index is 0.415. The number of benzene rings is 1. The second-order valence-corrected chi connectivity index (χ2v) is 5.95. The molecule has 1 heterocycles. The average Bonchev–Trinajstić information content (AvgIpc) is 2.97. The molecule has 0 aliphatic carbocycles. The number of ether oxygens (including phenoxy) is 1. The predicted octanol–water partition coefficient (Wildman–Crippen LogP) is 3.11. The topological polar surface area (TPSA) is 47.3 Å². The molecule has 3 heteroatoms. The molecule has 1 fully saturated rings. The van der Waals surface area contributed by atoms with Gasteiger partial charge in [-0.3, -0.25) is 11.3 Å². The van der Waals surface area contributed by atoms with Gasteiger partial charge in [0, 0.05) is 12.6 Å². The second kappa shape index (κ2) is 8.40. The first-order valence-electron chi connectivity index (χ1n) is 7.91. The molecule has 112 valence electrons. The van der Waals surface area contributed by atoms with E-state index >= 15 is 0 Å². The Kier molecular flexibility index (Phi) is 6.51. The minimum absolute atomic E-state index is 0.415. The molecule has 1 saturated heterocycles. The van der Waals surface area contributed by atoms with Crippen LogP contribution in [0.1, 0.15) is 49.7 Å². The Labute approximate surface area is 122 Å². The molecule has 1 aliphatic rings. The zero-order valence-electron chi connectivity index (χ0n) is 12.6. The highest BCUT2D eigenvalue weighted by Crippen LogP contribution is 2.19. The Morgan fingerprint density at radius 2 is 2.10 bits per heavy atom. The maximum Gasteiger partial charge on any atom is 0.0576 e. The zero-order valence-corrected chi connectivity index (χ0v) is 12.6. The van der Waals surface area contributed by atoms with E-state index in [-0.39, 0.29) is 0 Å². The molecule has 0 aromatic heterocycles. The summed E-state index contributed by atoms with van der Waals surface area (Å²) in [6.45, 7) is 3.08. The van der Waals surface area contributed by atoms with E-state index in [0.29, 0.717) is 12.1 Å². The van der Waals surface area contributed by atoms with Gasteiger partial charge in [0.1, 0.15) is 0 Å². The van der Waals surface area contributed by atoms with Gasteiger partial charge in [0.15, 0.2) is 0 Å². The molecule has 1 aromatic carbocycles. The zero-order chi connectivity index (χ0) is 14.2. The van der Waals surface area contributed by atoms with Crippen molar-refractivity contribution >= 4 is 0 Å². The summed E-state index contributed by atoms with van der Waals surface area (Å²) in [5, 5.41) is 0. The molecule has 3 N–H and O–H groups in total.